The van der Waals surface area contributed by atoms with E-state index in [0.717, 1.165) is 10.2 Å². The second kappa shape index (κ2) is 7.13. The molecule has 0 aliphatic heterocycles. The van der Waals surface area contributed by atoms with Gasteiger partial charge in [-0.2, -0.15) is 0 Å². The van der Waals surface area contributed by atoms with Gasteiger partial charge in [0.1, 0.15) is 5.76 Å². The largest absolute Gasteiger partial charge is 0.451 e. The Labute approximate surface area is 125 Å². The van der Waals surface area contributed by atoms with Crippen molar-refractivity contribution in [2.45, 2.75) is 6.42 Å². The van der Waals surface area contributed by atoms with Crippen LogP contribution < -0.4 is 5.32 Å². The quantitative estimate of drug-likeness (QED) is 0.651. The average Bonchev–Trinajstić information content (AvgIpc) is 2.83. The van der Waals surface area contributed by atoms with Crippen LogP contribution in [0.4, 0.5) is 0 Å². The summed E-state index contributed by atoms with van der Waals surface area (Å²) in [6, 6.07) is 13.8. The van der Waals surface area contributed by atoms with Gasteiger partial charge in [-0.3, -0.25) is 4.79 Å². The van der Waals surface area contributed by atoms with Gasteiger partial charge in [0.15, 0.2) is 3.77 Å². The molecule has 19 heavy (non-hydrogen) atoms. The minimum Gasteiger partial charge on any atom is -0.451 e. The molecule has 0 radical (unpaired) electrons. The molecule has 1 heterocycles. The van der Waals surface area contributed by atoms with Gasteiger partial charge in [0.2, 0.25) is 5.91 Å². The molecule has 3 nitrogen and oxygen atoms in total. The van der Waals surface area contributed by atoms with E-state index in [9.17, 15) is 4.79 Å². The van der Waals surface area contributed by atoms with Crippen LogP contribution >= 0.6 is 22.6 Å². The maximum Gasteiger partial charge on any atom is 0.244 e. The minimum absolute atomic E-state index is 0.109. The fourth-order valence-corrected chi connectivity index (χ4v) is 2.04. The van der Waals surface area contributed by atoms with E-state index in [0.29, 0.717) is 12.3 Å². The Bertz CT molecular complexity index is 561. The summed E-state index contributed by atoms with van der Waals surface area (Å²) in [5.41, 5.74) is 1.22. The van der Waals surface area contributed by atoms with Gasteiger partial charge >= 0.3 is 0 Å². The highest BCUT2D eigenvalue weighted by Crippen LogP contribution is 2.11. The van der Waals surface area contributed by atoms with E-state index in [1.54, 1.807) is 6.08 Å². The molecule has 1 amide bonds. The smallest absolute Gasteiger partial charge is 0.244 e. The molecule has 0 bridgehead atoms. The number of rotatable bonds is 5. The number of nitrogens with one attached hydrogen (secondary N) is 1. The maximum absolute atomic E-state index is 11.6. The Morgan fingerprint density at radius 3 is 2.68 bits per heavy atom. The summed E-state index contributed by atoms with van der Waals surface area (Å²) in [4.78, 5) is 11.6. The van der Waals surface area contributed by atoms with Crippen molar-refractivity contribution in [1.29, 1.82) is 0 Å². The van der Waals surface area contributed by atoms with E-state index in [1.165, 1.54) is 11.6 Å². The van der Waals surface area contributed by atoms with E-state index in [1.807, 2.05) is 42.5 Å². The fraction of sp³-hybridized carbons (Fsp3) is 0.133. The Morgan fingerprint density at radius 2 is 2.00 bits per heavy atom. The predicted octanol–water partition coefficient (Wildman–Crippen LogP) is 3.26. The standard InChI is InChI=1S/C15H14INO2/c16-14-8-6-13(19-14)7-9-15(18)17-11-10-12-4-2-1-3-5-12/h1-9H,10-11H2,(H,17,18)/b9-7+. The van der Waals surface area contributed by atoms with Crippen molar-refractivity contribution in [3.05, 3.63) is 63.6 Å². The second-order valence-corrected chi connectivity index (χ2v) is 5.07. The molecule has 1 aromatic heterocycles. The third-order valence-electron chi connectivity index (χ3n) is 2.55. The summed E-state index contributed by atoms with van der Waals surface area (Å²) in [6.07, 6.45) is 3.99. The number of benzene rings is 1. The van der Waals surface area contributed by atoms with Crippen LogP contribution in [-0.2, 0) is 11.2 Å². The van der Waals surface area contributed by atoms with E-state index < -0.39 is 0 Å². The normalized spacial score (nSPS) is 10.8. The van der Waals surface area contributed by atoms with Crippen LogP contribution in [0.1, 0.15) is 11.3 Å². The highest BCUT2D eigenvalue weighted by Gasteiger charge is 1.98. The van der Waals surface area contributed by atoms with E-state index in [2.05, 4.69) is 27.9 Å². The lowest BCUT2D eigenvalue weighted by Gasteiger charge is -2.02. The Balaban J connectivity index is 1.74. The van der Waals surface area contributed by atoms with E-state index in [4.69, 9.17) is 4.42 Å². The number of hydrogen-bond donors (Lipinski definition) is 1. The predicted molar refractivity (Wildman–Crippen MR) is 83.6 cm³/mol. The summed E-state index contributed by atoms with van der Waals surface area (Å²) in [6.45, 7) is 0.628. The number of amides is 1. The van der Waals surface area contributed by atoms with Crippen molar-refractivity contribution in [3.8, 4) is 0 Å². The first kappa shape index (κ1) is 13.9. The summed E-state index contributed by atoms with van der Waals surface area (Å²) in [5.74, 6) is 0.574. The summed E-state index contributed by atoms with van der Waals surface area (Å²) in [5, 5.41) is 2.84. The Kier molecular flexibility index (Phi) is 5.20. The zero-order chi connectivity index (χ0) is 13.5. The summed E-state index contributed by atoms with van der Waals surface area (Å²) in [7, 11) is 0. The molecule has 0 saturated heterocycles. The number of furan rings is 1. The van der Waals surface area contributed by atoms with E-state index in [-0.39, 0.29) is 5.91 Å². The molecule has 0 saturated carbocycles. The van der Waals surface area contributed by atoms with Gasteiger partial charge in [0, 0.05) is 12.6 Å². The van der Waals surface area contributed by atoms with Crippen molar-refractivity contribution >= 4 is 34.6 Å². The zero-order valence-corrected chi connectivity index (χ0v) is 12.5. The molecule has 1 aromatic carbocycles. The lowest BCUT2D eigenvalue weighted by molar-refractivity contribution is -0.116. The number of carbonyl (C=O) groups excluding carboxylic acids is 1. The molecular formula is C15H14INO2. The monoisotopic (exact) mass is 367 g/mol. The average molecular weight is 367 g/mol. The highest BCUT2D eigenvalue weighted by atomic mass is 127. The molecule has 2 rings (SSSR count). The van der Waals surface area contributed by atoms with E-state index >= 15 is 0 Å². The maximum atomic E-state index is 11.6. The van der Waals surface area contributed by atoms with Crippen molar-refractivity contribution < 1.29 is 9.21 Å². The van der Waals surface area contributed by atoms with Crippen molar-refractivity contribution in [2.75, 3.05) is 6.54 Å². The molecule has 2 aromatic rings. The Hall–Kier alpha value is -1.56. The van der Waals surface area contributed by atoms with Crippen LogP contribution in [-0.4, -0.2) is 12.5 Å². The van der Waals surface area contributed by atoms with Gasteiger partial charge < -0.3 is 9.73 Å². The SMILES string of the molecule is O=C(/C=C/c1ccc(I)o1)NCCc1ccccc1. The highest BCUT2D eigenvalue weighted by molar-refractivity contribution is 14.1. The first-order chi connectivity index (χ1) is 9.24. The fourth-order valence-electron chi connectivity index (χ4n) is 1.61. The molecule has 0 atom stereocenters. The van der Waals surface area contributed by atoms with Crippen LogP contribution in [0.15, 0.2) is 53.0 Å². The zero-order valence-electron chi connectivity index (χ0n) is 10.3. The molecule has 0 fully saturated rings. The molecule has 0 aliphatic carbocycles. The van der Waals surface area contributed by atoms with Crippen molar-refractivity contribution in [3.63, 3.8) is 0 Å². The van der Waals surface area contributed by atoms with Gasteiger partial charge in [0.05, 0.1) is 0 Å². The van der Waals surface area contributed by atoms with Crippen LogP contribution in [0.25, 0.3) is 6.08 Å². The Morgan fingerprint density at radius 1 is 1.21 bits per heavy atom. The minimum atomic E-state index is -0.109. The van der Waals surface area contributed by atoms with Gasteiger partial charge in [-0.25, -0.2) is 0 Å². The first-order valence-electron chi connectivity index (χ1n) is 5.99. The number of hydrogen-bond acceptors (Lipinski definition) is 2. The van der Waals surface area contributed by atoms with Crippen LogP contribution in [0.3, 0.4) is 0 Å². The van der Waals surface area contributed by atoms with Gasteiger partial charge in [-0.1, -0.05) is 30.3 Å². The van der Waals surface area contributed by atoms with Crippen molar-refractivity contribution in [1.82, 2.24) is 5.32 Å². The topological polar surface area (TPSA) is 42.2 Å². The van der Waals surface area contributed by atoms with Crippen LogP contribution in [0.2, 0.25) is 0 Å². The van der Waals surface area contributed by atoms with Gasteiger partial charge in [0.25, 0.3) is 0 Å². The molecule has 4 heteroatoms. The summed E-state index contributed by atoms with van der Waals surface area (Å²) < 4.78 is 6.13. The molecule has 0 aliphatic rings. The van der Waals surface area contributed by atoms with Crippen molar-refractivity contribution in [2.24, 2.45) is 0 Å². The molecular weight excluding hydrogens is 353 g/mol. The molecule has 1 N–H and O–H groups in total. The van der Waals surface area contributed by atoms with Crippen LogP contribution in [0, 0.1) is 3.77 Å². The number of carbonyl (C=O) groups is 1. The van der Waals surface area contributed by atoms with Gasteiger partial charge in [-0.05, 0) is 52.8 Å². The lowest BCUT2D eigenvalue weighted by Crippen LogP contribution is -2.23. The third kappa shape index (κ3) is 4.90. The summed E-state index contributed by atoms with van der Waals surface area (Å²) >= 11 is 2.09. The first-order valence-corrected chi connectivity index (χ1v) is 7.07. The van der Waals surface area contributed by atoms with Gasteiger partial charge in [-0.15, -0.1) is 0 Å². The second-order valence-electron chi connectivity index (χ2n) is 4.00. The number of halogens is 1. The molecule has 0 spiro atoms. The van der Waals surface area contributed by atoms with Crippen LogP contribution in [0.5, 0.6) is 0 Å². The molecule has 0 unspecified atom stereocenters. The lowest BCUT2D eigenvalue weighted by atomic mass is 10.1. The molecule has 98 valence electrons. The third-order valence-corrected chi connectivity index (χ3v) is 3.13.